The Kier molecular flexibility index (Phi) is 3.71. The number of hydrogen-bond donors (Lipinski definition) is 1. The Bertz CT molecular complexity index is 545. The van der Waals surface area contributed by atoms with Gasteiger partial charge in [-0.1, -0.05) is 11.6 Å². The zero-order valence-electron chi connectivity index (χ0n) is 8.52. The summed E-state index contributed by atoms with van der Waals surface area (Å²) in [6.45, 7) is 0. The molecule has 0 aliphatic heterocycles. The number of halogens is 2. The highest BCUT2D eigenvalue weighted by Crippen LogP contribution is 2.16. The van der Waals surface area contributed by atoms with Crippen LogP contribution in [0, 0.1) is 0 Å². The SMILES string of the molecule is O=C(Nc1ccc(Br)cn1)c1cnccc1Cl. The molecule has 0 aliphatic rings. The van der Waals surface area contributed by atoms with Gasteiger partial charge in [-0.2, -0.15) is 0 Å². The normalized spacial score (nSPS) is 10.0. The van der Waals surface area contributed by atoms with Gasteiger partial charge in [0.1, 0.15) is 5.82 Å². The van der Waals surface area contributed by atoms with Crippen molar-refractivity contribution in [3.63, 3.8) is 0 Å². The molecule has 2 aromatic rings. The fraction of sp³-hybridized carbons (Fsp3) is 0. The van der Waals surface area contributed by atoms with Gasteiger partial charge in [0.05, 0.1) is 10.6 Å². The average molecular weight is 313 g/mol. The first-order valence-corrected chi connectivity index (χ1v) is 5.86. The van der Waals surface area contributed by atoms with E-state index in [9.17, 15) is 4.79 Å². The van der Waals surface area contributed by atoms with Gasteiger partial charge in [0.25, 0.3) is 5.91 Å². The Labute approximate surface area is 111 Å². The van der Waals surface area contributed by atoms with Crippen molar-refractivity contribution in [2.24, 2.45) is 0 Å². The van der Waals surface area contributed by atoms with E-state index in [4.69, 9.17) is 11.6 Å². The predicted molar refractivity (Wildman–Crippen MR) is 69.1 cm³/mol. The van der Waals surface area contributed by atoms with Crippen LogP contribution in [0.15, 0.2) is 41.3 Å². The summed E-state index contributed by atoms with van der Waals surface area (Å²) in [5.74, 6) is 0.121. The number of rotatable bonds is 2. The van der Waals surface area contributed by atoms with Gasteiger partial charge in [-0.25, -0.2) is 4.98 Å². The van der Waals surface area contributed by atoms with Gasteiger partial charge < -0.3 is 5.32 Å². The van der Waals surface area contributed by atoms with E-state index < -0.39 is 0 Å². The number of nitrogens with one attached hydrogen (secondary N) is 1. The third kappa shape index (κ3) is 3.01. The highest BCUT2D eigenvalue weighted by atomic mass is 79.9. The summed E-state index contributed by atoms with van der Waals surface area (Å²) in [4.78, 5) is 19.7. The van der Waals surface area contributed by atoms with Crippen molar-refractivity contribution >= 4 is 39.3 Å². The third-order valence-electron chi connectivity index (χ3n) is 1.98. The van der Waals surface area contributed by atoms with Gasteiger partial charge in [0, 0.05) is 23.1 Å². The first-order valence-electron chi connectivity index (χ1n) is 4.69. The maximum Gasteiger partial charge on any atom is 0.259 e. The number of carbonyl (C=O) groups excluding carboxylic acids is 1. The third-order valence-corrected chi connectivity index (χ3v) is 2.78. The topological polar surface area (TPSA) is 54.9 Å². The summed E-state index contributed by atoms with van der Waals surface area (Å²) in [5, 5.41) is 2.99. The molecule has 0 aliphatic carbocycles. The molecule has 0 saturated heterocycles. The van der Waals surface area contributed by atoms with Crippen LogP contribution in [0.5, 0.6) is 0 Å². The van der Waals surface area contributed by atoms with E-state index in [0.29, 0.717) is 16.4 Å². The lowest BCUT2D eigenvalue weighted by molar-refractivity contribution is 0.102. The Balaban J connectivity index is 2.17. The predicted octanol–water partition coefficient (Wildman–Crippen LogP) is 3.14. The van der Waals surface area contributed by atoms with E-state index in [1.165, 1.54) is 12.4 Å². The minimum Gasteiger partial charge on any atom is -0.306 e. The lowest BCUT2D eigenvalue weighted by Gasteiger charge is -2.05. The number of carbonyl (C=O) groups is 1. The van der Waals surface area contributed by atoms with Crippen molar-refractivity contribution in [2.45, 2.75) is 0 Å². The van der Waals surface area contributed by atoms with Gasteiger partial charge in [-0.05, 0) is 34.1 Å². The molecule has 0 fully saturated rings. The first kappa shape index (κ1) is 12.0. The molecule has 2 aromatic heterocycles. The number of amides is 1. The van der Waals surface area contributed by atoms with Crippen LogP contribution in [-0.2, 0) is 0 Å². The van der Waals surface area contributed by atoms with Crippen molar-refractivity contribution in [3.8, 4) is 0 Å². The number of nitrogens with zero attached hydrogens (tertiary/aromatic N) is 2. The van der Waals surface area contributed by atoms with Crippen LogP contribution >= 0.6 is 27.5 Å². The Morgan fingerprint density at radius 3 is 2.76 bits per heavy atom. The average Bonchev–Trinajstić information content (AvgIpc) is 2.32. The molecule has 0 radical (unpaired) electrons. The zero-order chi connectivity index (χ0) is 12.3. The molecular weight excluding hydrogens is 305 g/mol. The lowest BCUT2D eigenvalue weighted by Crippen LogP contribution is -2.13. The molecule has 0 atom stereocenters. The summed E-state index contributed by atoms with van der Waals surface area (Å²) in [6.07, 6.45) is 4.54. The van der Waals surface area contributed by atoms with Crippen LogP contribution < -0.4 is 5.32 Å². The van der Waals surface area contributed by atoms with E-state index >= 15 is 0 Å². The van der Waals surface area contributed by atoms with Crippen molar-refractivity contribution < 1.29 is 4.79 Å². The van der Waals surface area contributed by atoms with E-state index in [0.717, 1.165) is 4.47 Å². The molecule has 1 N–H and O–H groups in total. The quantitative estimate of drug-likeness (QED) is 0.927. The molecule has 2 rings (SSSR count). The van der Waals surface area contributed by atoms with Gasteiger partial charge in [-0.15, -0.1) is 0 Å². The second-order valence-corrected chi connectivity index (χ2v) is 4.49. The summed E-state index contributed by atoms with van der Waals surface area (Å²) in [6, 6.07) is 5.03. The smallest absolute Gasteiger partial charge is 0.259 e. The fourth-order valence-corrected chi connectivity index (χ4v) is 1.60. The molecule has 17 heavy (non-hydrogen) atoms. The second kappa shape index (κ2) is 5.25. The molecule has 2 heterocycles. The maximum atomic E-state index is 11.8. The van der Waals surface area contributed by atoms with Gasteiger partial charge in [0.15, 0.2) is 0 Å². The number of pyridine rings is 2. The van der Waals surface area contributed by atoms with E-state index in [-0.39, 0.29) is 5.91 Å². The summed E-state index contributed by atoms with van der Waals surface area (Å²) >= 11 is 9.14. The highest BCUT2D eigenvalue weighted by Gasteiger charge is 2.10. The van der Waals surface area contributed by atoms with Crippen LogP contribution in [0.25, 0.3) is 0 Å². The Hall–Kier alpha value is -1.46. The summed E-state index contributed by atoms with van der Waals surface area (Å²) in [5.41, 5.74) is 0.318. The van der Waals surface area contributed by atoms with Crippen molar-refractivity contribution in [2.75, 3.05) is 5.32 Å². The number of aromatic nitrogens is 2. The first-order chi connectivity index (χ1) is 8.16. The standard InChI is InChI=1S/C11H7BrClN3O/c12-7-1-2-10(15-5-7)16-11(17)8-6-14-4-3-9(8)13/h1-6H,(H,15,16,17). The summed E-state index contributed by atoms with van der Waals surface area (Å²) in [7, 11) is 0. The van der Waals surface area contributed by atoms with Crippen LogP contribution in [0.1, 0.15) is 10.4 Å². The highest BCUT2D eigenvalue weighted by molar-refractivity contribution is 9.10. The monoisotopic (exact) mass is 311 g/mol. The van der Waals surface area contributed by atoms with Gasteiger partial charge >= 0.3 is 0 Å². The molecular formula is C11H7BrClN3O. The molecule has 86 valence electrons. The van der Waals surface area contributed by atoms with Crippen LogP contribution in [0.3, 0.4) is 0 Å². The van der Waals surface area contributed by atoms with E-state index in [1.54, 1.807) is 24.4 Å². The van der Waals surface area contributed by atoms with Gasteiger partial charge in [-0.3, -0.25) is 9.78 Å². The largest absolute Gasteiger partial charge is 0.306 e. The minimum atomic E-state index is -0.335. The molecule has 6 heteroatoms. The fourth-order valence-electron chi connectivity index (χ4n) is 1.18. The molecule has 0 spiro atoms. The van der Waals surface area contributed by atoms with Crippen LogP contribution in [-0.4, -0.2) is 15.9 Å². The van der Waals surface area contributed by atoms with Crippen molar-refractivity contribution in [1.82, 2.24) is 9.97 Å². The molecule has 0 unspecified atom stereocenters. The second-order valence-electron chi connectivity index (χ2n) is 3.17. The van der Waals surface area contributed by atoms with Crippen LogP contribution in [0.4, 0.5) is 5.82 Å². The van der Waals surface area contributed by atoms with Gasteiger partial charge in [0.2, 0.25) is 0 Å². The van der Waals surface area contributed by atoms with E-state index in [2.05, 4.69) is 31.2 Å². The van der Waals surface area contributed by atoms with Crippen molar-refractivity contribution in [1.29, 1.82) is 0 Å². The minimum absolute atomic E-state index is 0.318. The maximum absolute atomic E-state index is 11.8. The summed E-state index contributed by atoms with van der Waals surface area (Å²) < 4.78 is 0.843. The Morgan fingerprint density at radius 1 is 1.29 bits per heavy atom. The van der Waals surface area contributed by atoms with E-state index in [1.807, 2.05) is 0 Å². The lowest BCUT2D eigenvalue weighted by atomic mass is 10.2. The molecule has 0 bridgehead atoms. The Morgan fingerprint density at radius 2 is 2.12 bits per heavy atom. The number of hydrogen-bond acceptors (Lipinski definition) is 3. The molecule has 0 aromatic carbocycles. The molecule has 4 nitrogen and oxygen atoms in total. The van der Waals surface area contributed by atoms with Crippen LogP contribution in [0.2, 0.25) is 5.02 Å². The van der Waals surface area contributed by atoms with Crippen molar-refractivity contribution in [3.05, 3.63) is 51.8 Å². The molecule has 0 saturated carbocycles. The zero-order valence-corrected chi connectivity index (χ0v) is 10.9. The number of anilines is 1. The molecule has 1 amide bonds.